The zero-order chi connectivity index (χ0) is 18.4. The Hall–Kier alpha value is -2.40. The first-order valence-corrected chi connectivity index (χ1v) is 8.33. The first kappa shape index (κ1) is 18.9. The van der Waals surface area contributed by atoms with Crippen LogP contribution in [0.1, 0.15) is 19.4 Å². The van der Waals surface area contributed by atoms with Gasteiger partial charge < -0.3 is 10.2 Å². The minimum Gasteiger partial charge on any atom is -0.331 e. The van der Waals surface area contributed by atoms with Crippen molar-refractivity contribution in [1.82, 2.24) is 4.90 Å². The molecule has 0 radical (unpaired) electrons. The van der Waals surface area contributed by atoms with E-state index in [2.05, 4.69) is 5.32 Å². The predicted octanol–water partition coefficient (Wildman–Crippen LogP) is 3.90. The average molecular weight is 363 g/mol. The summed E-state index contributed by atoms with van der Waals surface area (Å²) in [5, 5.41) is 3.18. The molecule has 0 atom stereocenters. The second-order valence-corrected chi connectivity index (χ2v) is 6.35. The molecule has 0 spiro atoms. The van der Waals surface area contributed by atoms with Crippen LogP contribution in [0.5, 0.6) is 0 Å². The molecular weight excluding hydrogens is 343 g/mol. The highest BCUT2D eigenvalue weighted by Gasteiger charge is 2.21. The van der Waals surface area contributed by atoms with Gasteiger partial charge in [-0.3, -0.25) is 9.59 Å². The van der Waals surface area contributed by atoms with Gasteiger partial charge in [-0.05, 0) is 49.7 Å². The highest BCUT2D eigenvalue weighted by atomic mass is 35.5. The van der Waals surface area contributed by atoms with E-state index in [1.54, 1.807) is 18.2 Å². The standard InChI is InChI=1S/C19H20ClFN2O2/c1-13(2)23(19(25)11-14-5-3-4-6-17(14)20)12-18(24)22-16-9-7-15(21)8-10-16/h3-10,13H,11-12H2,1-2H3,(H,22,24). The van der Waals surface area contributed by atoms with E-state index >= 15 is 0 Å². The topological polar surface area (TPSA) is 49.4 Å². The smallest absolute Gasteiger partial charge is 0.244 e. The minimum absolute atomic E-state index is 0.0850. The van der Waals surface area contributed by atoms with Crippen LogP contribution < -0.4 is 5.32 Å². The minimum atomic E-state index is -0.378. The fourth-order valence-corrected chi connectivity index (χ4v) is 2.56. The number of anilines is 1. The molecule has 2 amide bonds. The van der Waals surface area contributed by atoms with Crippen molar-refractivity contribution < 1.29 is 14.0 Å². The Morgan fingerprint density at radius 3 is 2.36 bits per heavy atom. The van der Waals surface area contributed by atoms with Crippen LogP contribution in [0, 0.1) is 5.82 Å². The summed E-state index contributed by atoms with van der Waals surface area (Å²) in [6, 6.07) is 12.5. The number of amides is 2. The summed E-state index contributed by atoms with van der Waals surface area (Å²) in [6.07, 6.45) is 0.127. The fourth-order valence-electron chi connectivity index (χ4n) is 2.35. The van der Waals surface area contributed by atoms with Gasteiger partial charge in [0.25, 0.3) is 0 Å². The third-order valence-corrected chi connectivity index (χ3v) is 4.05. The van der Waals surface area contributed by atoms with Crippen molar-refractivity contribution in [2.75, 3.05) is 11.9 Å². The average Bonchev–Trinajstić information content (AvgIpc) is 2.56. The van der Waals surface area contributed by atoms with Crippen LogP contribution in [0.3, 0.4) is 0 Å². The molecule has 4 nitrogen and oxygen atoms in total. The second-order valence-electron chi connectivity index (χ2n) is 5.94. The lowest BCUT2D eigenvalue weighted by Gasteiger charge is -2.26. The molecule has 2 aromatic rings. The van der Waals surface area contributed by atoms with Gasteiger partial charge in [-0.15, -0.1) is 0 Å². The lowest BCUT2D eigenvalue weighted by Crippen LogP contribution is -2.43. The summed E-state index contributed by atoms with van der Waals surface area (Å²) in [4.78, 5) is 26.3. The molecule has 0 fully saturated rings. The van der Waals surface area contributed by atoms with Gasteiger partial charge in [0.15, 0.2) is 0 Å². The monoisotopic (exact) mass is 362 g/mol. The van der Waals surface area contributed by atoms with E-state index in [-0.39, 0.29) is 36.6 Å². The molecule has 25 heavy (non-hydrogen) atoms. The first-order chi connectivity index (χ1) is 11.9. The molecule has 0 heterocycles. The first-order valence-electron chi connectivity index (χ1n) is 7.95. The Kier molecular flexibility index (Phi) is 6.53. The number of benzene rings is 2. The number of halogens is 2. The summed E-state index contributed by atoms with van der Waals surface area (Å²) in [5.74, 6) is -0.901. The quantitative estimate of drug-likeness (QED) is 0.847. The van der Waals surface area contributed by atoms with E-state index in [9.17, 15) is 14.0 Å². The molecule has 0 saturated heterocycles. The van der Waals surface area contributed by atoms with Gasteiger partial charge in [-0.1, -0.05) is 29.8 Å². The summed E-state index contributed by atoms with van der Waals surface area (Å²) in [5.41, 5.74) is 1.20. The van der Waals surface area contributed by atoms with Crippen molar-refractivity contribution in [2.24, 2.45) is 0 Å². The number of hydrogen-bond acceptors (Lipinski definition) is 2. The highest BCUT2D eigenvalue weighted by Crippen LogP contribution is 2.17. The molecule has 0 saturated carbocycles. The van der Waals surface area contributed by atoms with Crippen LogP contribution in [0.4, 0.5) is 10.1 Å². The van der Waals surface area contributed by atoms with Gasteiger partial charge in [0.2, 0.25) is 11.8 Å². The van der Waals surface area contributed by atoms with Crippen LogP contribution in [0.25, 0.3) is 0 Å². The molecule has 0 aromatic heterocycles. The maximum Gasteiger partial charge on any atom is 0.244 e. The van der Waals surface area contributed by atoms with E-state index in [0.717, 1.165) is 5.56 Å². The Balaban J connectivity index is 2.02. The van der Waals surface area contributed by atoms with E-state index in [0.29, 0.717) is 10.7 Å². The molecule has 1 N–H and O–H groups in total. The van der Waals surface area contributed by atoms with Crippen molar-refractivity contribution in [1.29, 1.82) is 0 Å². The van der Waals surface area contributed by atoms with Crippen LogP contribution in [0.2, 0.25) is 5.02 Å². The summed E-state index contributed by atoms with van der Waals surface area (Å²) < 4.78 is 12.9. The van der Waals surface area contributed by atoms with Crippen molar-refractivity contribution in [3.63, 3.8) is 0 Å². The number of nitrogens with zero attached hydrogens (tertiary/aromatic N) is 1. The van der Waals surface area contributed by atoms with Gasteiger partial charge in [-0.2, -0.15) is 0 Å². The van der Waals surface area contributed by atoms with Crippen LogP contribution in [0.15, 0.2) is 48.5 Å². The molecule has 0 aliphatic heterocycles. The Bertz CT molecular complexity index is 747. The summed E-state index contributed by atoms with van der Waals surface area (Å²) >= 11 is 6.10. The normalized spacial score (nSPS) is 10.6. The summed E-state index contributed by atoms with van der Waals surface area (Å²) in [6.45, 7) is 3.60. The Morgan fingerprint density at radius 2 is 1.76 bits per heavy atom. The number of hydrogen-bond donors (Lipinski definition) is 1. The third kappa shape index (κ3) is 5.57. The van der Waals surface area contributed by atoms with Crippen molar-refractivity contribution in [3.8, 4) is 0 Å². The molecule has 2 aromatic carbocycles. The van der Waals surface area contributed by atoms with Gasteiger partial charge in [0.1, 0.15) is 12.4 Å². The predicted molar refractivity (Wildman–Crippen MR) is 97.0 cm³/mol. The van der Waals surface area contributed by atoms with E-state index in [4.69, 9.17) is 11.6 Å². The molecule has 6 heteroatoms. The molecule has 0 aliphatic rings. The van der Waals surface area contributed by atoms with Crippen LogP contribution in [-0.4, -0.2) is 29.3 Å². The lowest BCUT2D eigenvalue weighted by atomic mass is 10.1. The number of nitrogens with one attached hydrogen (secondary N) is 1. The maximum absolute atomic E-state index is 12.9. The highest BCUT2D eigenvalue weighted by molar-refractivity contribution is 6.31. The van der Waals surface area contributed by atoms with E-state index < -0.39 is 0 Å². The Labute approximate surface area is 151 Å². The SMILES string of the molecule is CC(C)N(CC(=O)Nc1ccc(F)cc1)C(=O)Cc1ccccc1Cl. The van der Waals surface area contributed by atoms with Crippen molar-refractivity contribution in [2.45, 2.75) is 26.3 Å². The van der Waals surface area contributed by atoms with Gasteiger partial charge >= 0.3 is 0 Å². The number of carbonyl (C=O) groups excluding carboxylic acids is 2. The van der Waals surface area contributed by atoms with Gasteiger partial charge in [0.05, 0.1) is 6.42 Å². The molecule has 132 valence electrons. The largest absolute Gasteiger partial charge is 0.331 e. The van der Waals surface area contributed by atoms with E-state index in [1.807, 2.05) is 19.9 Å². The third-order valence-electron chi connectivity index (χ3n) is 3.69. The second kappa shape index (κ2) is 8.62. The molecule has 0 aliphatic carbocycles. The van der Waals surface area contributed by atoms with Gasteiger partial charge in [-0.25, -0.2) is 4.39 Å². The maximum atomic E-state index is 12.9. The number of rotatable bonds is 6. The molecule has 0 bridgehead atoms. The molecule has 0 unspecified atom stereocenters. The summed E-state index contributed by atoms with van der Waals surface area (Å²) in [7, 11) is 0. The van der Waals surface area contributed by atoms with Gasteiger partial charge in [0, 0.05) is 16.8 Å². The van der Waals surface area contributed by atoms with Crippen LogP contribution >= 0.6 is 11.6 Å². The zero-order valence-corrected chi connectivity index (χ0v) is 14.9. The molecule has 2 rings (SSSR count). The lowest BCUT2D eigenvalue weighted by molar-refractivity contribution is -0.135. The van der Waals surface area contributed by atoms with Crippen LogP contribution in [-0.2, 0) is 16.0 Å². The van der Waals surface area contributed by atoms with Crippen molar-refractivity contribution in [3.05, 3.63) is 64.9 Å². The Morgan fingerprint density at radius 1 is 1.12 bits per heavy atom. The fraction of sp³-hybridized carbons (Fsp3) is 0.263. The van der Waals surface area contributed by atoms with E-state index in [1.165, 1.54) is 29.2 Å². The molecular formula is C19H20ClFN2O2. The van der Waals surface area contributed by atoms with Crippen molar-refractivity contribution >= 4 is 29.1 Å². The number of carbonyl (C=O) groups is 2. The zero-order valence-electron chi connectivity index (χ0n) is 14.1.